The summed E-state index contributed by atoms with van der Waals surface area (Å²) < 4.78 is 0. The van der Waals surface area contributed by atoms with Crippen LogP contribution in [-0.4, -0.2) is 30.4 Å². The predicted molar refractivity (Wildman–Crippen MR) is 76.8 cm³/mol. The second kappa shape index (κ2) is 8.00. The molecule has 2 rings (SSSR count). The lowest BCUT2D eigenvalue weighted by molar-refractivity contribution is -0.134. The average molecular weight is 275 g/mol. The molecular weight excluding hydrogens is 248 g/mol. The van der Waals surface area contributed by atoms with Crippen LogP contribution in [0.5, 0.6) is 0 Å². The largest absolute Gasteiger partial charge is 0.342 e. The fourth-order valence-electron chi connectivity index (χ4n) is 3.25. The van der Waals surface area contributed by atoms with Crippen molar-refractivity contribution in [3.63, 3.8) is 0 Å². The Kier molecular flexibility index (Phi) is 7.02. The van der Waals surface area contributed by atoms with Crippen molar-refractivity contribution in [2.24, 2.45) is 17.6 Å². The van der Waals surface area contributed by atoms with Crippen LogP contribution in [0.4, 0.5) is 0 Å². The van der Waals surface area contributed by atoms with E-state index in [1.54, 1.807) is 0 Å². The average Bonchev–Trinajstić information content (AvgIpc) is 2.40. The summed E-state index contributed by atoms with van der Waals surface area (Å²) in [6.07, 6.45) is 9.66. The van der Waals surface area contributed by atoms with Crippen molar-refractivity contribution in [1.29, 1.82) is 0 Å². The van der Waals surface area contributed by atoms with Crippen molar-refractivity contribution in [3.8, 4) is 0 Å². The van der Waals surface area contributed by atoms with Gasteiger partial charge in [-0.3, -0.25) is 4.79 Å². The first-order valence-corrected chi connectivity index (χ1v) is 7.27. The van der Waals surface area contributed by atoms with Crippen molar-refractivity contribution in [2.75, 3.05) is 19.6 Å². The van der Waals surface area contributed by atoms with Gasteiger partial charge in [0, 0.05) is 19.5 Å². The van der Waals surface area contributed by atoms with Gasteiger partial charge in [-0.2, -0.15) is 0 Å². The molecule has 0 bridgehead atoms. The van der Waals surface area contributed by atoms with E-state index in [1.807, 2.05) is 0 Å². The first kappa shape index (κ1) is 15.8. The van der Waals surface area contributed by atoms with Crippen LogP contribution in [0.15, 0.2) is 0 Å². The van der Waals surface area contributed by atoms with Gasteiger partial charge in [0.2, 0.25) is 5.91 Å². The van der Waals surface area contributed by atoms with E-state index >= 15 is 0 Å². The summed E-state index contributed by atoms with van der Waals surface area (Å²) in [6, 6.07) is 0. The fraction of sp³-hybridized carbons (Fsp3) is 0.929. The highest BCUT2D eigenvalue weighted by Crippen LogP contribution is 2.27. The number of hydrogen-bond donors (Lipinski definition) is 1. The molecular formula is C14H27ClN2O. The van der Waals surface area contributed by atoms with Crippen LogP contribution in [0, 0.1) is 11.8 Å². The molecule has 2 fully saturated rings. The van der Waals surface area contributed by atoms with E-state index in [0.29, 0.717) is 17.7 Å². The highest BCUT2D eigenvalue weighted by Gasteiger charge is 2.25. The summed E-state index contributed by atoms with van der Waals surface area (Å²) in [6.45, 7) is 2.59. The van der Waals surface area contributed by atoms with E-state index in [-0.39, 0.29) is 12.4 Å². The summed E-state index contributed by atoms with van der Waals surface area (Å²) >= 11 is 0. The second-order valence-electron chi connectivity index (χ2n) is 5.79. The van der Waals surface area contributed by atoms with Gasteiger partial charge in [-0.05, 0) is 44.1 Å². The highest BCUT2D eigenvalue weighted by atomic mass is 35.5. The quantitative estimate of drug-likeness (QED) is 0.860. The van der Waals surface area contributed by atoms with E-state index in [9.17, 15) is 4.79 Å². The molecule has 1 atom stereocenters. The molecule has 0 aromatic carbocycles. The van der Waals surface area contributed by atoms with Gasteiger partial charge in [0.15, 0.2) is 0 Å². The van der Waals surface area contributed by atoms with Gasteiger partial charge in [0.05, 0.1) is 0 Å². The molecule has 3 nitrogen and oxygen atoms in total. The zero-order chi connectivity index (χ0) is 12.1. The third kappa shape index (κ3) is 4.43. The maximum Gasteiger partial charge on any atom is 0.222 e. The zero-order valence-corrected chi connectivity index (χ0v) is 12.1. The van der Waals surface area contributed by atoms with Crippen molar-refractivity contribution in [1.82, 2.24) is 4.90 Å². The standard InChI is InChI=1S/C14H26N2O.ClH/c15-10-13-7-4-8-16(11-13)14(17)9-12-5-2-1-3-6-12;/h12-13H,1-11,15H2;1H. The highest BCUT2D eigenvalue weighted by molar-refractivity contribution is 5.85. The van der Waals surface area contributed by atoms with Gasteiger partial charge in [-0.25, -0.2) is 0 Å². The van der Waals surface area contributed by atoms with Crippen LogP contribution in [0.2, 0.25) is 0 Å². The summed E-state index contributed by atoms with van der Waals surface area (Å²) in [5.41, 5.74) is 5.71. The third-order valence-electron chi connectivity index (χ3n) is 4.39. The van der Waals surface area contributed by atoms with Crippen LogP contribution in [0.1, 0.15) is 51.4 Å². The number of likely N-dealkylation sites (tertiary alicyclic amines) is 1. The molecule has 1 saturated heterocycles. The Morgan fingerprint density at radius 3 is 2.39 bits per heavy atom. The predicted octanol–water partition coefficient (Wildman–Crippen LogP) is 2.58. The minimum absolute atomic E-state index is 0. The Balaban J connectivity index is 0.00000162. The lowest BCUT2D eigenvalue weighted by Gasteiger charge is -2.33. The Bertz CT molecular complexity index is 254. The fourth-order valence-corrected chi connectivity index (χ4v) is 3.25. The number of halogens is 1. The molecule has 2 N–H and O–H groups in total. The van der Waals surface area contributed by atoms with Gasteiger partial charge >= 0.3 is 0 Å². The molecule has 1 unspecified atom stereocenters. The molecule has 4 heteroatoms. The molecule has 1 heterocycles. The van der Waals surface area contributed by atoms with Crippen molar-refractivity contribution in [3.05, 3.63) is 0 Å². The molecule has 0 aromatic heterocycles. The number of piperidine rings is 1. The summed E-state index contributed by atoms with van der Waals surface area (Å²) in [7, 11) is 0. The van der Waals surface area contributed by atoms with Crippen LogP contribution in [0.25, 0.3) is 0 Å². The summed E-state index contributed by atoms with van der Waals surface area (Å²) in [4.78, 5) is 14.3. The van der Waals surface area contributed by atoms with Gasteiger partial charge in [-0.15, -0.1) is 12.4 Å². The first-order valence-electron chi connectivity index (χ1n) is 7.27. The number of nitrogens with zero attached hydrogens (tertiary/aromatic N) is 1. The van der Waals surface area contributed by atoms with E-state index in [4.69, 9.17) is 5.73 Å². The molecule has 0 radical (unpaired) electrons. The Morgan fingerprint density at radius 2 is 1.72 bits per heavy atom. The Labute approximate surface area is 117 Å². The van der Waals surface area contributed by atoms with Crippen molar-refractivity contribution in [2.45, 2.75) is 51.4 Å². The van der Waals surface area contributed by atoms with Gasteiger partial charge in [-0.1, -0.05) is 19.3 Å². The summed E-state index contributed by atoms with van der Waals surface area (Å²) in [5, 5.41) is 0. The van der Waals surface area contributed by atoms with Crippen molar-refractivity contribution < 1.29 is 4.79 Å². The minimum atomic E-state index is 0. The van der Waals surface area contributed by atoms with Crippen LogP contribution in [0.3, 0.4) is 0 Å². The maximum atomic E-state index is 12.2. The van der Waals surface area contributed by atoms with Crippen LogP contribution < -0.4 is 5.73 Å². The van der Waals surface area contributed by atoms with E-state index in [1.165, 1.54) is 38.5 Å². The third-order valence-corrected chi connectivity index (χ3v) is 4.39. The summed E-state index contributed by atoms with van der Waals surface area (Å²) in [5.74, 6) is 1.59. The molecule has 0 aromatic rings. The minimum Gasteiger partial charge on any atom is -0.342 e. The number of carbonyl (C=O) groups excluding carboxylic acids is 1. The SMILES string of the molecule is Cl.NCC1CCCN(C(=O)CC2CCCCC2)C1. The Morgan fingerprint density at radius 1 is 1.06 bits per heavy atom. The van der Waals surface area contributed by atoms with Gasteiger partial charge in [0.25, 0.3) is 0 Å². The first-order chi connectivity index (χ1) is 8.29. The van der Waals surface area contributed by atoms with Gasteiger partial charge in [0.1, 0.15) is 0 Å². The van der Waals surface area contributed by atoms with E-state index < -0.39 is 0 Å². The normalized spacial score (nSPS) is 25.6. The van der Waals surface area contributed by atoms with Crippen LogP contribution >= 0.6 is 12.4 Å². The molecule has 2 aliphatic rings. The second-order valence-corrected chi connectivity index (χ2v) is 5.79. The smallest absolute Gasteiger partial charge is 0.222 e. The number of carbonyl (C=O) groups is 1. The van der Waals surface area contributed by atoms with E-state index in [2.05, 4.69) is 4.90 Å². The molecule has 106 valence electrons. The molecule has 1 aliphatic heterocycles. The molecule has 0 spiro atoms. The number of hydrogen-bond acceptors (Lipinski definition) is 2. The molecule has 18 heavy (non-hydrogen) atoms. The molecule has 1 amide bonds. The molecule has 1 saturated carbocycles. The van der Waals surface area contributed by atoms with Crippen molar-refractivity contribution >= 4 is 18.3 Å². The molecule has 1 aliphatic carbocycles. The monoisotopic (exact) mass is 274 g/mol. The maximum absolute atomic E-state index is 12.2. The number of nitrogens with two attached hydrogens (primary N) is 1. The van der Waals surface area contributed by atoms with Crippen LogP contribution in [-0.2, 0) is 4.79 Å². The lowest BCUT2D eigenvalue weighted by Crippen LogP contribution is -2.42. The van der Waals surface area contributed by atoms with Gasteiger partial charge < -0.3 is 10.6 Å². The Hall–Kier alpha value is -0.280. The van der Waals surface area contributed by atoms with E-state index in [0.717, 1.165) is 32.5 Å². The lowest BCUT2D eigenvalue weighted by atomic mass is 9.86. The number of rotatable bonds is 3. The zero-order valence-electron chi connectivity index (χ0n) is 11.3. The number of amides is 1. The topological polar surface area (TPSA) is 46.3 Å².